The molecule has 0 aliphatic carbocycles. The molecule has 0 saturated carbocycles. The van der Waals surface area contributed by atoms with E-state index in [1.54, 1.807) is 24.3 Å². The highest BCUT2D eigenvalue weighted by atomic mass is 16.5. The van der Waals surface area contributed by atoms with E-state index in [0.717, 1.165) is 11.5 Å². The number of amides is 1. The third-order valence-electron chi connectivity index (χ3n) is 4.16. The van der Waals surface area contributed by atoms with Crippen molar-refractivity contribution in [3.05, 3.63) is 84.4 Å². The highest BCUT2D eigenvalue weighted by Gasteiger charge is 2.07. The van der Waals surface area contributed by atoms with Crippen LogP contribution in [-0.2, 0) is 0 Å². The molecule has 0 radical (unpaired) electrons. The fourth-order valence-corrected chi connectivity index (χ4v) is 2.67. The number of para-hydroxylation sites is 1. The van der Waals surface area contributed by atoms with E-state index in [4.69, 9.17) is 14.2 Å². The quantitative estimate of drug-likeness (QED) is 0.457. The van der Waals surface area contributed by atoms with Gasteiger partial charge in [-0.25, -0.2) is 0 Å². The lowest BCUT2D eigenvalue weighted by Crippen LogP contribution is -2.12. The number of nitrogens with one attached hydrogen (secondary N) is 1. The van der Waals surface area contributed by atoms with Gasteiger partial charge in [-0.2, -0.15) is 0 Å². The Morgan fingerprint density at radius 1 is 0.767 bits per heavy atom. The number of hydrogen-bond donors (Lipinski definition) is 1. The molecule has 3 rings (SSSR count). The second-order valence-corrected chi connectivity index (χ2v) is 7.22. The molecule has 5 heteroatoms. The summed E-state index contributed by atoms with van der Waals surface area (Å²) >= 11 is 0. The fraction of sp³-hybridized carbons (Fsp3) is 0.240. The van der Waals surface area contributed by atoms with Crippen molar-refractivity contribution in [2.45, 2.75) is 13.8 Å². The first kappa shape index (κ1) is 21.2. The zero-order valence-electron chi connectivity index (χ0n) is 17.3. The number of hydrogen-bond acceptors (Lipinski definition) is 4. The first-order valence-corrected chi connectivity index (χ1v) is 10.0. The molecule has 0 unspecified atom stereocenters. The van der Waals surface area contributed by atoms with Gasteiger partial charge in [0.25, 0.3) is 5.91 Å². The van der Waals surface area contributed by atoms with Gasteiger partial charge in [0, 0.05) is 17.3 Å². The molecule has 1 N–H and O–H groups in total. The first-order valence-electron chi connectivity index (χ1n) is 10.0. The van der Waals surface area contributed by atoms with Gasteiger partial charge in [-0.05, 0) is 54.4 Å². The SMILES string of the molecule is CC(C)COc1cccc(NC(=O)c2ccc(OCCOc3ccccc3)cc2)c1. The molecule has 5 nitrogen and oxygen atoms in total. The molecule has 1 amide bonds. The summed E-state index contributed by atoms with van der Waals surface area (Å²) in [6.45, 7) is 5.69. The van der Waals surface area contributed by atoms with Gasteiger partial charge < -0.3 is 19.5 Å². The average molecular weight is 405 g/mol. The maximum Gasteiger partial charge on any atom is 0.255 e. The smallest absolute Gasteiger partial charge is 0.255 e. The van der Waals surface area contributed by atoms with E-state index in [9.17, 15) is 4.79 Å². The zero-order chi connectivity index (χ0) is 21.2. The van der Waals surface area contributed by atoms with Crippen LogP contribution in [0.5, 0.6) is 17.2 Å². The molecule has 0 atom stereocenters. The summed E-state index contributed by atoms with van der Waals surface area (Å²) in [5, 5.41) is 2.90. The Balaban J connectivity index is 1.47. The molecule has 3 aromatic carbocycles. The molecular formula is C25H27NO4. The number of rotatable bonds is 10. The molecule has 3 aromatic rings. The highest BCUT2D eigenvalue weighted by Crippen LogP contribution is 2.19. The van der Waals surface area contributed by atoms with Crippen LogP contribution < -0.4 is 19.5 Å². The van der Waals surface area contributed by atoms with Gasteiger partial charge in [-0.3, -0.25) is 4.79 Å². The molecule has 0 spiro atoms. The molecular weight excluding hydrogens is 378 g/mol. The molecule has 0 aliphatic rings. The van der Waals surface area contributed by atoms with Gasteiger partial charge in [0.2, 0.25) is 0 Å². The summed E-state index contributed by atoms with van der Waals surface area (Å²) < 4.78 is 17.0. The van der Waals surface area contributed by atoms with Crippen LogP contribution in [0.4, 0.5) is 5.69 Å². The highest BCUT2D eigenvalue weighted by molar-refractivity contribution is 6.04. The number of ether oxygens (including phenoxy) is 3. The van der Waals surface area contributed by atoms with Crippen molar-refractivity contribution in [2.24, 2.45) is 5.92 Å². The number of carbonyl (C=O) groups excluding carboxylic acids is 1. The lowest BCUT2D eigenvalue weighted by Gasteiger charge is -2.11. The fourth-order valence-electron chi connectivity index (χ4n) is 2.67. The van der Waals surface area contributed by atoms with E-state index in [-0.39, 0.29) is 5.91 Å². The van der Waals surface area contributed by atoms with Gasteiger partial charge >= 0.3 is 0 Å². The minimum absolute atomic E-state index is 0.185. The van der Waals surface area contributed by atoms with E-state index >= 15 is 0 Å². The Morgan fingerprint density at radius 2 is 1.40 bits per heavy atom. The van der Waals surface area contributed by atoms with Gasteiger partial charge in [0.1, 0.15) is 30.5 Å². The van der Waals surface area contributed by atoms with Crippen LogP contribution in [0.15, 0.2) is 78.9 Å². The Hall–Kier alpha value is -3.47. The van der Waals surface area contributed by atoms with Crippen LogP contribution in [0.25, 0.3) is 0 Å². The number of anilines is 1. The summed E-state index contributed by atoms with van der Waals surface area (Å²) in [4.78, 5) is 12.5. The lowest BCUT2D eigenvalue weighted by molar-refractivity contribution is 0.102. The largest absolute Gasteiger partial charge is 0.493 e. The van der Waals surface area contributed by atoms with Crippen molar-refractivity contribution in [2.75, 3.05) is 25.1 Å². The van der Waals surface area contributed by atoms with E-state index in [1.807, 2.05) is 54.6 Å². The maximum absolute atomic E-state index is 12.5. The predicted octanol–water partition coefficient (Wildman–Crippen LogP) is 5.43. The van der Waals surface area contributed by atoms with Gasteiger partial charge in [0.15, 0.2) is 0 Å². The Morgan fingerprint density at radius 3 is 2.07 bits per heavy atom. The molecule has 0 fully saturated rings. The van der Waals surface area contributed by atoms with Crippen LogP contribution in [0.3, 0.4) is 0 Å². The van der Waals surface area contributed by atoms with Crippen molar-refractivity contribution in [1.29, 1.82) is 0 Å². The first-order chi connectivity index (χ1) is 14.6. The standard InChI is InChI=1S/C25H27NO4/c1-19(2)18-30-24-10-6-7-21(17-24)26-25(27)20-11-13-23(14-12-20)29-16-15-28-22-8-4-3-5-9-22/h3-14,17,19H,15-16,18H2,1-2H3,(H,26,27). The summed E-state index contributed by atoms with van der Waals surface area (Å²) in [5.74, 6) is 2.49. The minimum atomic E-state index is -0.185. The Bertz CT molecular complexity index is 923. The molecule has 156 valence electrons. The summed E-state index contributed by atoms with van der Waals surface area (Å²) in [6.07, 6.45) is 0. The van der Waals surface area contributed by atoms with Crippen molar-refractivity contribution >= 4 is 11.6 Å². The van der Waals surface area contributed by atoms with E-state index < -0.39 is 0 Å². The molecule has 0 aromatic heterocycles. The second-order valence-electron chi connectivity index (χ2n) is 7.22. The van der Waals surface area contributed by atoms with Crippen molar-refractivity contribution in [1.82, 2.24) is 0 Å². The van der Waals surface area contributed by atoms with Crippen molar-refractivity contribution < 1.29 is 19.0 Å². The van der Waals surface area contributed by atoms with Gasteiger partial charge in [-0.1, -0.05) is 38.1 Å². The topological polar surface area (TPSA) is 56.8 Å². The molecule has 0 bridgehead atoms. The third-order valence-corrected chi connectivity index (χ3v) is 4.16. The summed E-state index contributed by atoms with van der Waals surface area (Å²) in [7, 11) is 0. The molecule has 30 heavy (non-hydrogen) atoms. The van der Waals surface area contributed by atoms with E-state index in [1.165, 1.54) is 0 Å². The molecule has 0 heterocycles. The van der Waals surface area contributed by atoms with E-state index in [2.05, 4.69) is 19.2 Å². The maximum atomic E-state index is 12.5. The van der Waals surface area contributed by atoms with Crippen LogP contribution in [0, 0.1) is 5.92 Å². The second kappa shape index (κ2) is 10.9. The third kappa shape index (κ3) is 6.85. The summed E-state index contributed by atoms with van der Waals surface area (Å²) in [6, 6.07) is 24.0. The monoisotopic (exact) mass is 405 g/mol. The Labute approximate surface area is 177 Å². The predicted molar refractivity (Wildman–Crippen MR) is 119 cm³/mol. The minimum Gasteiger partial charge on any atom is -0.493 e. The lowest BCUT2D eigenvalue weighted by atomic mass is 10.2. The van der Waals surface area contributed by atoms with Gasteiger partial charge in [0.05, 0.1) is 6.61 Å². The summed E-state index contributed by atoms with van der Waals surface area (Å²) in [5.41, 5.74) is 1.25. The number of benzene rings is 3. The van der Waals surface area contributed by atoms with Crippen LogP contribution in [0.2, 0.25) is 0 Å². The Kier molecular flexibility index (Phi) is 7.72. The number of carbonyl (C=O) groups is 1. The van der Waals surface area contributed by atoms with Crippen LogP contribution in [-0.4, -0.2) is 25.7 Å². The van der Waals surface area contributed by atoms with Crippen LogP contribution >= 0.6 is 0 Å². The normalized spacial score (nSPS) is 10.5. The van der Waals surface area contributed by atoms with Crippen molar-refractivity contribution in [3.8, 4) is 17.2 Å². The van der Waals surface area contributed by atoms with Gasteiger partial charge in [-0.15, -0.1) is 0 Å². The van der Waals surface area contributed by atoms with Crippen molar-refractivity contribution in [3.63, 3.8) is 0 Å². The molecule has 0 saturated heterocycles. The zero-order valence-corrected chi connectivity index (χ0v) is 17.3. The average Bonchev–Trinajstić information content (AvgIpc) is 2.77. The van der Waals surface area contributed by atoms with Crippen LogP contribution in [0.1, 0.15) is 24.2 Å². The van der Waals surface area contributed by atoms with E-state index in [0.29, 0.717) is 42.7 Å². The molecule has 0 aliphatic heterocycles.